The maximum atomic E-state index is 10.0. The van der Waals surface area contributed by atoms with E-state index in [1.54, 1.807) is 0 Å². The van der Waals surface area contributed by atoms with Gasteiger partial charge in [0.05, 0.1) is 6.26 Å². The quantitative estimate of drug-likeness (QED) is 0.258. The Morgan fingerprint density at radius 3 is 2.11 bits per heavy atom. The molecule has 3 heteroatoms. The summed E-state index contributed by atoms with van der Waals surface area (Å²) in [5.41, 5.74) is 0. The topological polar surface area (TPSA) is 26.3 Å². The Labute approximate surface area is 59.8 Å². The Bertz CT molecular complexity index is 99.2. The van der Waals surface area contributed by atoms with Crippen LogP contribution in [-0.2, 0) is 9.53 Å². The number of carbonyl (C=O) groups excluding carboxylic acids is 1. The van der Waals surface area contributed by atoms with Crippen LogP contribution in [0.1, 0.15) is 0 Å². The molecule has 0 rings (SSSR count). The van der Waals surface area contributed by atoms with Crippen LogP contribution < -0.4 is 0 Å². The summed E-state index contributed by atoms with van der Waals surface area (Å²) in [6.45, 7) is 6.31. The van der Waals surface area contributed by atoms with Crippen LogP contribution in [0.4, 0.5) is 0 Å². The first-order valence-corrected chi connectivity index (χ1v) is 2.88. The number of hydrogen-bond acceptors (Lipinski definition) is 2. The summed E-state index contributed by atoms with van der Waals surface area (Å²) in [5.74, 6) is -0.477. The molecule has 0 atom stereocenters. The second kappa shape index (κ2) is 10.3. The van der Waals surface area contributed by atoms with Crippen molar-refractivity contribution in [2.75, 3.05) is 6.38 Å². The zero-order chi connectivity index (χ0) is 7.70. The average molecular weight is 149 g/mol. The third kappa shape index (κ3) is 11.1. The summed E-state index contributed by atoms with van der Waals surface area (Å²) in [5, 5.41) is 0. The monoisotopic (exact) mass is 148 g/mol. The molecule has 52 valence electrons. The normalized spacial score (nSPS) is 6.00. The van der Waals surface area contributed by atoms with Crippen molar-refractivity contribution in [3.63, 3.8) is 0 Å². The fraction of sp³-hybridized carbons (Fsp3) is 0.167. The van der Waals surface area contributed by atoms with Crippen molar-refractivity contribution in [3.8, 4) is 0 Å². The van der Waals surface area contributed by atoms with Crippen LogP contribution in [0.25, 0.3) is 0 Å². The minimum atomic E-state index is -0.477. The maximum absolute atomic E-state index is 10.0. The number of ether oxygens (including phenoxy) is 1. The fourth-order valence-electron chi connectivity index (χ4n) is 0.130. The molecule has 0 saturated heterocycles. The number of esters is 1. The SMILES string of the molecule is C=COC(=O)C=C.CCl. The molecule has 0 heterocycles. The smallest absolute Gasteiger partial charge is 0.334 e. The highest BCUT2D eigenvalue weighted by Gasteiger charge is 1.84. The van der Waals surface area contributed by atoms with Crippen molar-refractivity contribution in [2.45, 2.75) is 0 Å². The molecule has 0 spiro atoms. The highest BCUT2D eigenvalue weighted by Crippen LogP contribution is 1.75. The zero-order valence-electron chi connectivity index (χ0n) is 5.26. The number of rotatable bonds is 2. The first-order chi connectivity index (χ1) is 4.31. The number of halogens is 1. The van der Waals surface area contributed by atoms with E-state index in [1.807, 2.05) is 0 Å². The van der Waals surface area contributed by atoms with Gasteiger partial charge in [-0.15, -0.1) is 11.6 Å². The third-order valence-electron chi connectivity index (χ3n) is 0.366. The lowest BCUT2D eigenvalue weighted by Gasteiger charge is -1.85. The van der Waals surface area contributed by atoms with Crippen LogP contribution in [0, 0.1) is 0 Å². The Morgan fingerprint density at radius 2 is 2.00 bits per heavy atom. The van der Waals surface area contributed by atoms with Gasteiger partial charge in [-0.2, -0.15) is 0 Å². The van der Waals surface area contributed by atoms with Crippen LogP contribution >= 0.6 is 11.6 Å². The number of carbonyl (C=O) groups is 1. The minimum absolute atomic E-state index is 0.477. The maximum Gasteiger partial charge on any atom is 0.334 e. The van der Waals surface area contributed by atoms with Crippen LogP contribution in [0.2, 0.25) is 0 Å². The lowest BCUT2D eigenvalue weighted by atomic mass is 10.7. The standard InChI is InChI=1S/C5H6O2.CH3Cl/c1-3-5(6)7-4-2;1-2/h3-4H,1-2H2;1H3. The van der Waals surface area contributed by atoms with Crippen molar-refractivity contribution in [3.05, 3.63) is 25.5 Å². The molecule has 0 aliphatic carbocycles. The molecule has 0 radical (unpaired) electrons. The van der Waals surface area contributed by atoms with Crippen LogP contribution in [-0.4, -0.2) is 12.4 Å². The molecule has 0 fully saturated rings. The van der Waals surface area contributed by atoms with Gasteiger partial charge >= 0.3 is 5.97 Å². The Hall–Kier alpha value is -0.760. The Kier molecular flexibility index (Phi) is 12.7. The second-order valence-corrected chi connectivity index (χ2v) is 0.808. The predicted molar refractivity (Wildman–Crippen MR) is 38.3 cm³/mol. The van der Waals surface area contributed by atoms with E-state index >= 15 is 0 Å². The van der Waals surface area contributed by atoms with E-state index in [0.29, 0.717) is 0 Å². The molecule has 0 amide bonds. The lowest BCUT2D eigenvalue weighted by molar-refractivity contribution is -0.132. The van der Waals surface area contributed by atoms with Gasteiger partial charge in [0.1, 0.15) is 0 Å². The van der Waals surface area contributed by atoms with Crippen LogP contribution in [0.3, 0.4) is 0 Å². The molecule has 0 aliphatic rings. The zero-order valence-corrected chi connectivity index (χ0v) is 6.02. The molecule has 0 saturated carbocycles. The van der Waals surface area contributed by atoms with Crippen LogP contribution in [0.15, 0.2) is 25.5 Å². The largest absolute Gasteiger partial charge is 0.432 e. The second-order valence-electron chi connectivity index (χ2n) is 0.808. The average Bonchev–Trinajstić information content (AvgIpc) is 1.93. The summed E-state index contributed by atoms with van der Waals surface area (Å²) in [6.07, 6.45) is 3.60. The Morgan fingerprint density at radius 1 is 1.56 bits per heavy atom. The molecular weight excluding hydrogens is 140 g/mol. The van der Waals surface area contributed by atoms with Gasteiger partial charge in [0.15, 0.2) is 0 Å². The lowest BCUT2D eigenvalue weighted by Crippen LogP contribution is -1.90. The van der Waals surface area contributed by atoms with Crippen molar-refractivity contribution in [1.29, 1.82) is 0 Å². The molecule has 0 aromatic rings. The van der Waals surface area contributed by atoms with E-state index in [0.717, 1.165) is 12.3 Å². The molecular formula is C6H9ClO2. The van der Waals surface area contributed by atoms with Crippen molar-refractivity contribution >= 4 is 17.6 Å². The molecule has 9 heavy (non-hydrogen) atoms. The van der Waals surface area contributed by atoms with E-state index < -0.39 is 5.97 Å². The Balaban J connectivity index is 0. The van der Waals surface area contributed by atoms with Gasteiger partial charge in [-0.25, -0.2) is 4.79 Å². The fourth-order valence-corrected chi connectivity index (χ4v) is 0.130. The number of alkyl halides is 1. The summed E-state index contributed by atoms with van der Waals surface area (Å²) < 4.78 is 4.20. The minimum Gasteiger partial charge on any atom is -0.432 e. The van der Waals surface area contributed by atoms with Crippen molar-refractivity contribution < 1.29 is 9.53 Å². The van der Waals surface area contributed by atoms with Crippen molar-refractivity contribution in [2.24, 2.45) is 0 Å². The van der Waals surface area contributed by atoms with Crippen molar-refractivity contribution in [1.82, 2.24) is 0 Å². The van der Waals surface area contributed by atoms with Gasteiger partial charge in [0, 0.05) is 12.5 Å². The molecule has 0 unspecified atom stereocenters. The van der Waals surface area contributed by atoms with E-state index in [1.165, 1.54) is 6.38 Å². The van der Waals surface area contributed by atoms with Gasteiger partial charge in [0.25, 0.3) is 0 Å². The summed E-state index contributed by atoms with van der Waals surface area (Å²) in [6, 6.07) is 0. The van der Waals surface area contributed by atoms with E-state index in [2.05, 4.69) is 29.5 Å². The molecule has 2 nitrogen and oxygen atoms in total. The van der Waals surface area contributed by atoms with E-state index in [9.17, 15) is 4.79 Å². The highest BCUT2D eigenvalue weighted by molar-refractivity contribution is 6.15. The molecule has 0 bridgehead atoms. The molecule has 0 aromatic carbocycles. The van der Waals surface area contributed by atoms with Gasteiger partial charge in [0.2, 0.25) is 0 Å². The first kappa shape index (κ1) is 11.1. The first-order valence-electron chi connectivity index (χ1n) is 2.13. The highest BCUT2D eigenvalue weighted by atomic mass is 35.5. The van der Waals surface area contributed by atoms with Gasteiger partial charge in [-0.1, -0.05) is 13.2 Å². The summed E-state index contributed by atoms with van der Waals surface area (Å²) in [7, 11) is 0. The van der Waals surface area contributed by atoms with Crippen LogP contribution in [0.5, 0.6) is 0 Å². The third-order valence-corrected chi connectivity index (χ3v) is 0.366. The van der Waals surface area contributed by atoms with Gasteiger partial charge < -0.3 is 4.74 Å². The molecule has 0 N–H and O–H groups in total. The molecule has 0 aliphatic heterocycles. The van der Waals surface area contributed by atoms with E-state index in [4.69, 9.17) is 0 Å². The van der Waals surface area contributed by atoms with Gasteiger partial charge in [-0.05, 0) is 0 Å². The number of hydrogen-bond donors (Lipinski definition) is 0. The predicted octanol–water partition coefficient (Wildman–Crippen LogP) is 1.71. The summed E-state index contributed by atoms with van der Waals surface area (Å²) >= 11 is 4.64. The van der Waals surface area contributed by atoms with Gasteiger partial charge in [-0.3, -0.25) is 0 Å². The molecule has 0 aromatic heterocycles. The van der Waals surface area contributed by atoms with E-state index in [-0.39, 0.29) is 0 Å². The summed E-state index contributed by atoms with van der Waals surface area (Å²) in [4.78, 5) is 10.0.